The third-order valence-electron chi connectivity index (χ3n) is 4.03. The lowest BCUT2D eigenvalue weighted by molar-refractivity contribution is 0.199. The fraction of sp³-hybridized carbons (Fsp3) is 0.600. The number of hydrogen-bond donors (Lipinski definition) is 1. The van der Waals surface area contributed by atoms with Gasteiger partial charge in [-0.05, 0) is 63.5 Å². The summed E-state index contributed by atoms with van der Waals surface area (Å²) in [6, 6.07) is 6.28. The maximum absolute atomic E-state index is 6.09. The highest BCUT2D eigenvalue weighted by atomic mass is 35.5. The fourth-order valence-corrected chi connectivity index (χ4v) is 2.98. The number of nitrogens with one attached hydrogen (secondary N) is 1. The molecule has 0 spiro atoms. The molecule has 1 fully saturated rings. The Morgan fingerprint density at radius 2 is 2.10 bits per heavy atom. The van der Waals surface area contributed by atoms with Crippen molar-refractivity contribution in [3.63, 3.8) is 0 Å². The number of benzene rings is 1. The molecule has 2 nitrogen and oxygen atoms in total. The van der Waals surface area contributed by atoms with Crippen LogP contribution < -0.4 is 5.32 Å². The lowest BCUT2D eigenvalue weighted by atomic mass is 9.98. The Kier molecular flexibility index (Phi) is 7.63. The summed E-state index contributed by atoms with van der Waals surface area (Å²) >= 11 is 12.1. The zero-order chi connectivity index (χ0) is 13.8. The van der Waals surface area contributed by atoms with Gasteiger partial charge in [-0.1, -0.05) is 29.3 Å². The molecule has 1 aliphatic heterocycles. The molecule has 2 rings (SSSR count). The van der Waals surface area contributed by atoms with E-state index in [2.05, 4.69) is 30.3 Å². The summed E-state index contributed by atoms with van der Waals surface area (Å²) in [4.78, 5) is 2.40. The zero-order valence-electron chi connectivity index (χ0n) is 12.0. The van der Waals surface area contributed by atoms with Gasteiger partial charge in [0.25, 0.3) is 0 Å². The van der Waals surface area contributed by atoms with E-state index in [9.17, 15) is 0 Å². The van der Waals surface area contributed by atoms with Crippen molar-refractivity contribution in [1.82, 2.24) is 10.2 Å². The topological polar surface area (TPSA) is 15.3 Å². The van der Waals surface area contributed by atoms with Crippen LogP contribution in [0.3, 0.4) is 0 Å². The third-order valence-corrected chi connectivity index (χ3v) is 4.77. The van der Waals surface area contributed by atoms with Crippen LogP contribution in [0.15, 0.2) is 18.2 Å². The average molecular weight is 338 g/mol. The second-order valence-corrected chi connectivity index (χ2v) is 6.32. The first-order valence-corrected chi connectivity index (χ1v) is 7.69. The minimum atomic E-state index is 0. The molecule has 2 atom stereocenters. The van der Waals surface area contributed by atoms with Crippen molar-refractivity contribution >= 4 is 35.6 Å². The molecule has 0 aliphatic carbocycles. The van der Waals surface area contributed by atoms with Crippen molar-refractivity contribution in [2.75, 3.05) is 26.7 Å². The molecule has 1 aliphatic rings. The molecule has 1 aromatic rings. The van der Waals surface area contributed by atoms with Crippen molar-refractivity contribution in [2.45, 2.75) is 25.8 Å². The van der Waals surface area contributed by atoms with Gasteiger partial charge in [0, 0.05) is 12.6 Å². The smallest absolute Gasteiger partial charge is 0.0595 e. The van der Waals surface area contributed by atoms with E-state index < -0.39 is 0 Å². The standard InChI is InChI=1S/C15H22Cl2N2.ClH/c1-11(13-5-6-14(16)15(17)8-13)19(2)10-12-4-3-7-18-9-12;/h5-6,8,11-12,18H,3-4,7,9-10H2,1-2H3;1H. The van der Waals surface area contributed by atoms with E-state index in [4.69, 9.17) is 23.2 Å². The third kappa shape index (κ3) is 4.78. The summed E-state index contributed by atoms with van der Waals surface area (Å²) in [6.45, 7) is 5.64. The Hall–Kier alpha value is 0.01000. The number of hydrogen-bond acceptors (Lipinski definition) is 2. The number of rotatable bonds is 4. The predicted octanol–water partition coefficient (Wildman–Crippen LogP) is 4.41. The Bertz CT molecular complexity index is 420. The number of piperidine rings is 1. The van der Waals surface area contributed by atoms with Crippen molar-refractivity contribution in [3.05, 3.63) is 33.8 Å². The van der Waals surface area contributed by atoms with Crippen LogP contribution in [-0.4, -0.2) is 31.6 Å². The quantitative estimate of drug-likeness (QED) is 0.875. The van der Waals surface area contributed by atoms with E-state index >= 15 is 0 Å². The van der Waals surface area contributed by atoms with Crippen LogP contribution in [0.5, 0.6) is 0 Å². The van der Waals surface area contributed by atoms with Gasteiger partial charge >= 0.3 is 0 Å². The molecule has 0 radical (unpaired) electrons. The minimum Gasteiger partial charge on any atom is -0.316 e. The predicted molar refractivity (Wildman–Crippen MR) is 90.3 cm³/mol. The highest BCUT2D eigenvalue weighted by Gasteiger charge is 2.19. The summed E-state index contributed by atoms with van der Waals surface area (Å²) in [5.41, 5.74) is 1.22. The molecule has 0 amide bonds. The van der Waals surface area contributed by atoms with E-state index in [1.165, 1.54) is 24.9 Å². The van der Waals surface area contributed by atoms with Gasteiger partial charge in [0.15, 0.2) is 0 Å². The molecule has 114 valence electrons. The van der Waals surface area contributed by atoms with Gasteiger partial charge in [-0.2, -0.15) is 0 Å². The SMILES string of the molecule is CC(c1ccc(Cl)c(Cl)c1)N(C)CC1CCCNC1.Cl. The molecule has 2 unspecified atom stereocenters. The molecule has 1 N–H and O–H groups in total. The summed E-state index contributed by atoms with van der Waals surface area (Å²) in [5, 5.41) is 4.73. The largest absolute Gasteiger partial charge is 0.316 e. The number of halogens is 3. The van der Waals surface area contributed by atoms with Crippen molar-refractivity contribution in [3.8, 4) is 0 Å². The molecule has 1 saturated heterocycles. The lowest BCUT2D eigenvalue weighted by Crippen LogP contribution is -2.37. The van der Waals surface area contributed by atoms with Gasteiger partial charge in [-0.25, -0.2) is 0 Å². The highest BCUT2D eigenvalue weighted by molar-refractivity contribution is 6.42. The zero-order valence-corrected chi connectivity index (χ0v) is 14.4. The van der Waals surface area contributed by atoms with E-state index in [0.29, 0.717) is 16.1 Å². The Labute approximate surface area is 138 Å². The van der Waals surface area contributed by atoms with Crippen molar-refractivity contribution < 1.29 is 0 Å². The van der Waals surface area contributed by atoms with Gasteiger partial charge in [0.05, 0.1) is 10.0 Å². The summed E-state index contributed by atoms with van der Waals surface area (Å²) in [5.74, 6) is 0.754. The Morgan fingerprint density at radius 1 is 1.35 bits per heavy atom. The Morgan fingerprint density at radius 3 is 2.70 bits per heavy atom. The lowest BCUT2D eigenvalue weighted by Gasteiger charge is -2.31. The summed E-state index contributed by atoms with van der Waals surface area (Å²) < 4.78 is 0. The normalized spacial score (nSPS) is 20.6. The van der Waals surface area contributed by atoms with Crippen LogP contribution in [0.4, 0.5) is 0 Å². The fourth-order valence-electron chi connectivity index (χ4n) is 2.67. The molecule has 0 aromatic heterocycles. The van der Waals surface area contributed by atoms with Crippen LogP contribution in [0.2, 0.25) is 10.0 Å². The molecule has 1 heterocycles. The summed E-state index contributed by atoms with van der Waals surface area (Å²) in [6.07, 6.45) is 2.62. The van der Waals surface area contributed by atoms with E-state index in [1.807, 2.05) is 12.1 Å². The molecule has 20 heavy (non-hydrogen) atoms. The Balaban J connectivity index is 0.00000200. The first-order chi connectivity index (χ1) is 9.08. The van der Waals surface area contributed by atoms with Crippen LogP contribution in [0, 0.1) is 5.92 Å². The molecular formula is C15H23Cl3N2. The van der Waals surface area contributed by atoms with E-state index in [1.54, 1.807) is 0 Å². The molecular weight excluding hydrogens is 315 g/mol. The van der Waals surface area contributed by atoms with Crippen LogP contribution >= 0.6 is 35.6 Å². The molecule has 0 saturated carbocycles. The van der Waals surface area contributed by atoms with Crippen LogP contribution in [0.1, 0.15) is 31.4 Å². The van der Waals surface area contributed by atoms with Crippen molar-refractivity contribution in [1.29, 1.82) is 0 Å². The maximum Gasteiger partial charge on any atom is 0.0595 e. The molecule has 0 bridgehead atoms. The number of nitrogens with zero attached hydrogens (tertiary/aromatic N) is 1. The van der Waals surface area contributed by atoms with Gasteiger partial charge in [0.2, 0.25) is 0 Å². The minimum absolute atomic E-state index is 0. The molecule has 1 aromatic carbocycles. The monoisotopic (exact) mass is 336 g/mol. The first kappa shape index (κ1) is 18.1. The second-order valence-electron chi connectivity index (χ2n) is 5.50. The van der Waals surface area contributed by atoms with Gasteiger partial charge in [-0.15, -0.1) is 12.4 Å². The van der Waals surface area contributed by atoms with E-state index in [0.717, 1.165) is 19.0 Å². The van der Waals surface area contributed by atoms with Gasteiger partial charge in [-0.3, -0.25) is 4.90 Å². The van der Waals surface area contributed by atoms with Gasteiger partial charge < -0.3 is 5.32 Å². The second kappa shape index (κ2) is 8.45. The van der Waals surface area contributed by atoms with Gasteiger partial charge in [0.1, 0.15) is 0 Å². The van der Waals surface area contributed by atoms with E-state index in [-0.39, 0.29) is 12.4 Å². The highest BCUT2D eigenvalue weighted by Crippen LogP contribution is 2.28. The first-order valence-electron chi connectivity index (χ1n) is 6.94. The molecule has 5 heteroatoms. The van der Waals surface area contributed by atoms with Crippen LogP contribution in [0.25, 0.3) is 0 Å². The maximum atomic E-state index is 6.09. The van der Waals surface area contributed by atoms with Crippen molar-refractivity contribution in [2.24, 2.45) is 5.92 Å². The van der Waals surface area contributed by atoms with Crippen LogP contribution in [-0.2, 0) is 0 Å². The average Bonchev–Trinajstić information content (AvgIpc) is 2.42. The summed E-state index contributed by atoms with van der Waals surface area (Å²) in [7, 11) is 2.18.